The Balaban J connectivity index is 1.55. The van der Waals surface area contributed by atoms with Crippen molar-refractivity contribution >= 4 is 17.6 Å². The van der Waals surface area contributed by atoms with E-state index in [9.17, 15) is 18.4 Å². The van der Waals surface area contributed by atoms with Crippen LogP contribution in [-0.2, 0) is 9.53 Å². The lowest BCUT2D eigenvalue weighted by molar-refractivity contribution is -0.119. The van der Waals surface area contributed by atoms with Crippen LogP contribution in [0.5, 0.6) is 0 Å². The van der Waals surface area contributed by atoms with E-state index in [1.54, 1.807) is 12.1 Å². The highest BCUT2D eigenvalue weighted by molar-refractivity contribution is 5.95. The van der Waals surface area contributed by atoms with Crippen molar-refractivity contribution in [2.45, 2.75) is 0 Å². The molecule has 7 nitrogen and oxygen atoms in total. The van der Waals surface area contributed by atoms with Gasteiger partial charge in [-0.25, -0.2) is 23.2 Å². The largest absolute Gasteiger partial charge is 0.452 e. The van der Waals surface area contributed by atoms with E-state index in [1.165, 1.54) is 29.5 Å². The number of benzene rings is 2. The molecule has 1 amide bonds. The zero-order valence-corrected chi connectivity index (χ0v) is 13.2. The molecule has 0 atom stereocenters. The minimum Gasteiger partial charge on any atom is -0.452 e. The van der Waals surface area contributed by atoms with Crippen LogP contribution >= 0.6 is 0 Å². The first-order valence-corrected chi connectivity index (χ1v) is 7.40. The molecule has 0 aliphatic rings. The summed E-state index contributed by atoms with van der Waals surface area (Å²) >= 11 is 0. The SMILES string of the molecule is O=C(COC(=O)c1ccc(-n2cncn2)cc1)Nc1ccc(F)cc1F. The van der Waals surface area contributed by atoms with E-state index in [0.717, 1.165) is 12.1 Å². The van der Waals surface area contributed by atoms with Gasteiger partial charge in [-0.1, -0.05) is 0 Å². The Bertz CT molecular complexity index is 928. The number of rotatable bonds is 5. The molecule has 9 heteroatoms. The molecule has 0 saturated carbocycles. The van der Waals surface area contributed by atoms with Gasteiger partial charge in [-0.2, -0.15) is 5.10 Å². The van der Waals surface area contributed by atoms with Crippen molar-refractivity contribution in [1.29, 1.82) is 0 Å². The highest BCUT2D eigenvalue weighted by Gasteiger charge is 2.12. The molecule has 132 valence electrons. The van der Waals surface area contributed by atoms with Crippen LogP contribution in [0.3, 0.4) is 0 Å². The van der Waals surface area contributed by atoms with Crippen LogP contribution < -0.4 is 5.32 Å². The maximum atomic E-state index is 13.5. The van der Waals surface area contributed by atoms with Crippen molar-refractivity contribution < 1.29 is 23.1 Å². The van der Waals surface area contributed by atoms with Gasteiger partial charge in [-0.15, -0.1) is 0 Å². The summed E-state index contributed by atoms with van der Waals surface area (Å²) in [5, 5.41) is 6.15. The lowest BCUT2D eigenvalue weighted by Crippen LogP contribution is -2.21. The lowest BCUT2D eigenvalue weighted by atomic mass is 10.2. The molecule has 2 aromatic carbocycles. The lowest BCUT2D eigenvalue weighted by Gasteiger charge is -2.08. The average molecular weight is 358 g/mol. The van der Waals surface area contributed by atoms with Gasteiger partial charge in [0.25, 0.3) is 5.91 Å². The van der Waals surface area contributed by atoms with Crippen LogP contribution in [-0.4, -0.2) is 33.2 Å². The van der Waals surface area contributed by atoms with Crippen molar-refractivity contribution in [3.05, 3.63) is 72.3 Å². The van der Waals surface area contributed by atoms with Gasteiger partial charge in [0.1, 0.15) is 24.3 Å². The number of nitrogens with one attached hydrogen (secondary N) is 1. The van der Waals surface area contributed by atoms with Crippen LogP contribution in [0.2, 0.25) is 0 Å². The van der Waals surface area contributed by atoms with Gasteiger partial charge in [0.05, 0.1) is 16.9 Å². The molecule has 1 N–H and O–H groups in total. The molecule has 3 aromatic rings. The number of hydrogen-bond donors (Lipinski definition) is 1. The molecule has 26 heavy (non-hydrogen) atoms. The second-order valence-corrected chi connectivity index (χ2v) is 5.14. The predicted molar refractivity (Wildman–Crippen MR) is 86.6 cm³/mol. The first-order chi connectivity index (χ1) is 12.5. The number of ether oxygens (including phenoxy) is 1. The molecule has 3 rings (SSSR count). The number of nitrogens with zero attached hydrogens (tertiary/aromatic N) is 3. The number of anilines is 1. The number of esters is 1. The Morgan fingerprint density at radius 2 is 1.88 bits per heavy atom. The van der Waals surface area contributed by atoms with E-state index in [0.29, 0.717) is 11.8 Å². The third-order valence-corrected chi connectivity index (χ3v) is 3.33. The van der Waals surface area contributed by atoms with Crippen molar-refractivity contribution in [2.24, 2.45) is 0 Å². The van der Waals surface area contributed by atoms with Gasteiger partial charge in [0.15, 0.2) is 6.61 Å². The number of amides is 1. The average Bonchev–Trinajstić information content (AvgIpc) is 3.17. The molecular formula is C17H12F2N4O3. The number of carbonyl (C=O) groups is 2. The van der Waals surface area contributed by atoms with E-state index < -0.39 is 30.1 Å². The number of carbonyl (C=O) groups excluding carboxylic acids is 2. The molecule has 0 aliphatic heterocycles. The summed E-state index contributed by atoms with van der Waals surface area (Å²) in [4.78, 5) is 27.5. The monoisotopic (exact) mass is 358 g/mol. The van der Waals surface area contributed by atoms with Gasteiger partial charge in [0, 0.05) is 6.07 Å². The zero-order valence-electron chi connectivity index (χ0n) is 13.2. The van der Waals surface area contributed by atoms with E-state index in [1.807, 2.05) is 0 Å². The van der Waals surface area contributed by atoms with Crippen molar-refractivity contribution in [3.8, 4) is 5.69 Å². The smallest absolute Gasteiger partial charge is 0.338 e. The number of hydrogen-bond acceptors (Lipinski definition) is 5. The molecule has 0 radical (unpaired) electrons. The Morgan fingerprint density at radius 1 is 1.12 bits per heavy atom. The minimum absolute atomic E-state index is 0.204. The van der Waals surface area contributed by atoms with Crippen LogP contribution in [0, 0.1) is 11.6 Å². The molecule has 0 unspecified atom stereocenters. The van der Waals surface area contributed by atoms with Crippen molar-refractivity contribution in [2.75, 3.05) is 11.9 Å². The molecule has 0 bridgehead atoms. The second-order valence-electron chi connectivity index (χ2n) is 5.14. The Kier molecular flexibility index (Phi) is 4.97. The van der Waals surface area contributed by atoms with Crippen molar-refractivity contribution in [3.63, 3.8) is 0 Å². The highest BCUT2D eigenvalue weighted by atomic mass is 19.1. The highest BCUT2D eigenvalue weighted by Crippen LogP contribution is 2.15. The van der Waals surface area contributed by atoms with Crippen LogP contribution in [0.1, 0.15) is 10.4 Å². The Labute approximate surface area is 146 Å². The second kappa shape index (κ2) is 7.51. The molecular weight excluding hydrogens is 346 g/mol. The summed E-state index contributed by atoms with van der Waals surface area (Å²) in [6.07, 6.45) is 2.89. The van der Waals surface area contributed by atoms with Gasteiger partial charge in [-0.05, 0) is 36.4 Å². The summed E-state index contributed by atoms with van der Waals surface area (Å²) in [7, 11) is 0. The maximum Gasteiger partial charge on any atom is 0.338 e. The summed E-state index contributed by atoms with van der Waals surface area (Å²) in [6, 6.07) is 9.01. The van der Waals surface area contributed by atoms with E-state index in [4.69, 9.17) is 4.74 Å². The van der Waals surface area contributed by atoms with Gasteiger partial charge >= 0.3 is 5.97 Å². The molecule has 0 aliphatic carbocycles. The van der Waals surface area contributed by atoms with E-state index in [-0.39, 0.29) is 11.3 Å². The van der Waals surface area contributed by atoms with Gasteiger partial charge in [-0.3, -0.25) is 4.79 Å². The van der Waals surface area contributed by atoms with Crippen LogP contribution in [0.25, 0.3) is 5.69 Å². The quantitative estimate of drug-likeness (QED) is 0.708. The Morgan fingerprint density at radius 3 is 2.54 bits per heavy atom. The third kappa shape index (κ3) is 4.07. The van der Waals surface area contributed by atoms with E-state index >= 15 is 0 Å². The summed E-state index contributed by atoms with van der Waals surface area (Å²) < 4.78 is 32.7. The van der Waals surface area contributed by atoms with Gasteiger partial charge in [0.2, 0.25) is 0 Å². The molecule has 1 heterocycles. The van der Waals surface area contributed by atoms with Crippen molar-refractivity contribution in [1.82, 2.24) is 14.8 Å². The molecule has 0 fully saturated rings. The van der Waals surface area contributed by atoms with Gasteiger partial charge < -0.3 is 10.1 Å². The molecule has 0 saturated heterocycles. The number of halogens is 2. The maximum absolute atomic E-state index is 13.5. The summed E-state index contributed by atoms with van der Waals surface area (Å²) in [5.74, 6) is -3.15. The number of aromatic nitrogens is 3. The topological polar surface area (TPSA) is 86.1 Å². The fourth-order valence-corrected chi connectivity index (χ4v) is 2.08. The van der Waals surface area contributed by atoms with E-state index in [2.05, 4.69) is 15.4 Å². The zero-order chi connectivity index (χ0) is 18.5. The fraction of sp³-hybridized carbons (Fsp3) is 0.0588. The normalized spacial score (nSPS) is 10.4. The fourth-order valence-electron chi connectivity index (χ4n) is 2.08. The summed E-state index contributed by atoms with van der Waals surface area (Å²) in [5.41, 5.74) is 0.725. The first kappa shape index (κ1) is 17.2. The third-order valence-electron chi connectivity index (χ3n) is 3.33. The van der Waals surface area contributed by atoms with Crippen LogP contribution in [0.15, 0.2) is 55.1 Å². The molecule has 0 spiro atoms. The Hall–Kier alpha value is -3.62. The summed E-state index contributed by atoms with van der Waals surface area (Å²) in [6.45, 7) is -0.611. The standard InChI is InChI=1S/C17H12F2N4O3/c18-12-3-6-15(14(19)7-12)22-16(24)8-26-17(25)11-1-4-13(5-2-11)23-10-20-9-21-23/h1-7,9-10H,8H2,(H,22,24). The minimum atomic E-state index is -0.923. The first-order valence-electron chi connectivity index (χ1n) is 7.40. The van der Waals surface area contributed by atoms with Crippen LogP contribution in [0.4, 0.5) is 14.5 Å². The predicted octanol–water partition coefficient (Wildman–Crippen LogP) is 2.34. The molecule has 1 aromatic heterocycles.